The number of benzene rings is 3. The summed E-state index contributed by atoms with van der Waals surface area (Å²) >= 11 is 13.4. The molecule has 0 aliphatic carbocycles. The molecule has 0 radical (unpaired) electrons. The second kappa shape index (κ2) is 12.2. The number of thiazole rings is 1. The van der Waals surface area contributed by atoms with Gasteiger partial charge in [0.25, 0.3) is 5.91 Å². The van der Waals surface area contributed by atoms with Crippen molar-refractivity contribution in [2.45, 2.75) is 32.5 Å². The van der Waals surface area contributed by atoms with Crippen molar-refractivity contribution in [3.05, 3.63) is 116 Å². The molecule has 0 fully saturated rings. The number of nitrogens with one attached hydrogen (secondary N) is 2. The first-order valence-electron chi connectivity index (χ1n) is 11.7. The molecule has 0 spiro atoms. The van der Waals surface area contributed by atoms with Crippen molar-refractivity contribution in [2.75, 3.05) is 5.32 Å². The standard InChI is InChI=1S/C28H26Cl2N4O2S/c1-18(2)34(28(36)31-21-13-14-22(29)23(30)15-21)16-25-32-24(17-37-25)27(35)33-26(19-9-5-3-6-10-19)20-11-7-4-8-12-20/h3-15,17-18,26H,16H2,1-2H3,(H,31,36)(H,33,35). The lowest BCUT2D eigenvalue weighted by atomic mass is 9.98. The summed E-state index contributed by atoms with van der Waals surface area (Å²) in [4.78, 5) is 32.3. The number of carbonyl (C=O) groups is 2. The largest absolute Gasteiger partial charge is 0.340 e. The topological polar surface area (TPSA) is 74.3 Å². The number of hydrogen-bond donors (Lipinski definition) is 2. The Labute approximate surface area is 230 Å². The molecule has 2 N–H and O–H groups in total. The van der Waals surface area contributed by atoms with Crippen LogP contribution in [-0.2, 0) is 6.54 Å². The molecule has 190 valence electrons. The van der Waals surface area contributed by atoms with Crippen LogP contribution in [0.15, 0.2) is 84.2 Å². The SMILES string of the molecule is CC(C)N(Cc1nc(C(=O)NC(c2ccccc2)c2ccccc2)cs1)C(=O)Nc1ccc(Cl)c(Cl)c1. The minimum absolute atomic E-state index is 0.107. The molecular weight excluding hydrogens is 527 g/mol. The maximum absolute atomic E-state index is 13.2. The Morgan fingerprint density at radius 2 is 1.54 bits per heavy atom. The summed E-state index contributed by atoms with van der Waals surface area (Å²) < 4.78 is 0. The lowest BCUT2D eigenvalue weighted by Gasteiger charge is -2.26. The summed E-state index contributed by atoms with van der Waals surface area (Å²) in [5.74, 6) is -0.281. The summed E-state index contributed by atoms with van der Waals surface area (Å²) in [5, 5.41) is 9.09. The fourth-order valence-corrected chi connectivity index (χ4v) is 4.82. The van der Waals surface area contributed by atoms with E-state index >= 15 is 0 Å². The molecule has 3 aromatic carbocycles. The Morgan fingerprint density at radius 3 is 2.11 bits per heavy atom. The maximum atomic E-state index is 13.2. The van der Waals surface area contributed by atoms with Crippen molar-refractivity contribution in [2.24, 2.45) is 0 Å². The van der Waals surface area contributed by atoms with Gasteiger partial charge in [-0.1, -0.05) is 83.9 Å². The molecule has 3 amide bonds. The van der Waals surface area contributed by atoms with E-state index in [4.69, 9.17) is 23.2 Å². The van der Waals surface area contributed by atoms with Gasteiger partial charge in [-0.2, -0.15) is 0 Å². The van der Waals surface area contributed by atoms with Gasteiger partial charge in [0.1, 0.15) is 10.7 Å². The highest BCUT2D eigenvalue weighted by Gasteiger charge is 2.22. The van der Waals surface area contributed by atoms with Crippen LogP contribution in [0.2, 0.25) is 10.0 Å². The third-order valence-corrected chi connectivity index (χ3v) is 7.26. The highest BCUT2D eigenvalue weighted by atomic mass is 35.5. The number of anilines is 1. The van der Waals surface area contributed by atoms with Gasteiger partial charge in [0.05, 0.1) is 22.6 Å². The van der Waals surface area contributed by atoms with Gasteiger partial charge < -0.3 is 15.5 Å². The van der Waals surface area contributed by atoms with Gasteiger partial charge in [0.2, 0.25) is 0 Å². The average molecular weight is 554 g/mol. The number of hydrogen-bond acceptors (Lipinski definition) is 4. The molecule has 4 rings (SSSR count). The summed E-state index contributed by atoms with van der Waals surface area (Å²) in [5.41, 5.74) is 2.80. The fourth-order valence-electron chi connectivity index (χ4n) is 3.75. The van der Waals surface area contributed by atoms with Crippen LogP contribution >= 0.6 is 34.5 Å². The average Bonchev–Trinajstić information content (AvgIpc) is 3.37. The molecule has 37 heavy (non-hydrogen) atoms. The molecule has 1 aromatic heterocycles. The minimum Gasteiger partial charge on any atom is -0.340 e. The molecule has 0 bridgehead atoms. The second-order valence-corrected chi connectivity index (χ2v) is 10.4. The van der Waals surface area contributed by atoms with Crippen molar-refractivity contribution in [3.63, 3.8) is 0 Å². The number of urea groups is 1. The van der Waals surface area contributed by atoms with E-state index in [1.807, 2.05) is 74.5 Å². The quantitative estimate of drug-likeness (QED) is 0.239. The fraction of sp³-hybridized carbons (Fsp3) is 0.179. The molecule has 0 aliphatic rings. The zero-order valence-electron chi connectivity index (χ0n) is 20.3. The molecular formula is C28H26Cl2N4O2S. The Morgan fingerprint density at radius 1 is 0.919 bits per heavy atom. The van der Waals surface area contributed by atoms with Crippen molar-refractivity contribution >= 4 is 52.2 Å². The van der Waals surface area contributed by atoms with Crippen LogP contribution in [0.5, 0.6) is 0 Å². The van der Waals surface area contributed by atoms with Crippen LogP contribution in [0.3, 0.4) is 0 Å². The van der Waals surface area contributed by atoms with Gasteiger partial charge in [-0.3, -0.25) is 4.79 Å². The van der Waals surface area contributed by atoms with Crippen molar-refractivity contribution in [1.82, 2.24) is 15.2 Å². The van der Waals surface area contributed by atoms with Crippen molar-refractivity contribution < 1.29 is 9.59 Å². The number of rotatable bonds is 8. The predicted molar refractivity (Wildman–Crippen MR) is 150 cm³/mol. The van der Waals surface area contributed by atoms with E-state index in [9.17, 15) is 9.59 Å². The van der Waals surface area contributed by atoms with Crippen LogP contribution < -0.4 is 10.6 Å². The van der Waals surface area contributed by atoms with E-state index < -0.39 is 0 Å². The molecule has 0 atom stereocenters. The van der Waals surface area contributed by atoms with E-state index in [0.717, 1.165) is 11.1 Å². The summed E-state index contributed by atoms with van der Waals surface area (Å²) in [7, 11) is 0. The number of aromatic nitrogens is 1. The van der Waals surface area contributed by atoms with Crippen LogP contribution in [-0.4, -0.2) is 27.9 Å². The minimum atomic E-state index is -0.316. The number of halogens is 2. The molecule has 6 nitrogen and oxygen atoms in total. The molecule has 1 heterocycles. The first-order chi connectivity index (χ1) is 17.8. The van der Waals surface area contributed by atoms with Crippen LogP contribution in [0.4, 0.5) is 10.5 Å². The Balaban J connectivity index is 1.47. The third kappa shape index (κ3) is 6.89. The third-order valence-electron chi connectivity index (χ3n) is 5.69. The summed E-state index contributed by atoms with van der Waals surface area (Å²) in [6.45, 7) is 4.09. The summed E-state index contributed by atoms with van der Waals surface area (Å²) in [6, 6.07) is 23.8. The Kier molecular flexibility index (Phi) is 8.82. The van der Waals surface area contributed by atoms with Crippen LogP contribution in [0.25, 0.3) is 0 Å². The smallest absolute Gasteiger partial charge is 0.322 e. The van der Waals surface area contributed by atoms with E-state index in [2.05, 4.69) is 15.6 Å². The van der Waals surface area contributed by atoms with Gasteiger partial charge in [-0.05, 0) is 43.2 Å². The monoisotopic (exact) mass is 552 g/mol. The predicted octanol–water partition coefficient (Wildman–Crippen LogP) is 7.41. The second-order valence-electron chi connectivity index (χ2n) is 8.64. The highest BCUT2D eigenvalue weighted by Crippen LogP contribution is 2.26. The highest BCUT2D eigenvalue weighted by molar-refractivity contribution is 7.09. The molecule has 0 unspecified atom stereocenters. The molecule has 0 saturated heterocycles. The van der Waals surface area contributed by atoms with Gasteiger partial charge in [-0.15, -0.1) is 11.3 Å². The number of nitrogens with zero attached hydrogens (tertiary/aromatic N) is 2. The maximum Gasteiger partial charge on any atom is 0.322 e. The van der Waals surface area contributed by atoms with Gasteiger partial charge >= 0.3 is 6.03 Å². The lowest BCUT2D eigenvalue weighted by Crippen LogP contribution is -2.39. The lowest BCUT2D eigenvalue weighted by molar-refractivity contribution is 0.0938. The van der Waals surface area contributed by atoms with Gasteiger partial charge in [0, 0.05) is 17.1 Å². The molecule has 0 saturated carbocycles. The van der Waals surface area contributed by atoms with Crippen LogP contribution in [0, 0.1) is 0 Å². The molecule has 4 aromatic rings. The first-order valence-corrected chi connectivity index (χ1v) is 13.3. The first kappa shape index (κ1) is 26.7. The van der Waals surface area contributed by atoms with Gasteiger partial charge in [0.15, 0.2) is 0 Å². The van der Waals surface area contributed by atoms with E-state index in [0.29, 0.717) is 26.4 Å². The molecule has 9 heteroatoms. The summed E-state index contributed by atoms with van der Waals surface area (Å²) in [6.07, 6.45) is 0. The number of carbonyl (C=O) groups excluding carboxylic acids is 2. The van der Waals surface area contributed by atoms with E-state index in [1.54, 1.807) is 28.5 Å². The van der Waals surface area contributed by atoms with E-state index in [-0.39, 0.29) is 30.6 Å². The molecule has 0 aliphatic heterocycles. The number of amides is 3. The Hall–Kier alpha value is -3.39. The zero-order valence-corrected chi connectivity index (χ0v) is 22.6. The Bertz CT molecular complexity index is 1320. The van der Waals surface area contributed by atoms with Crippen LogP contribution in [0.1, 0.15) is 46.5 Å². The van der Waals surface area contributed by atoms with Crippen molar-refractivity contribution in [1.29, 1.82) is 0 Å². The normalized spacial score (nSPS) is 11.0. The van der Waals surface area contributed by atoms with E-state index in [1.165, 1.54) is 11.3 Å². The zero-order chi connectivity index (χ0) is 26.4. The van der Waals surface area contributed by atoms with Gasteiger partial charge in [-0.25, -0.2) is 9.78 Å². The van der Waals surface area contributed by atoms with Crippen molar-refractivity contribution in [3.8, 4) is 0 Å².